The Morgan fingerprint density at radius 3 is 2.67 bits per heavy atom. The molecular formula is C14H20ClNO2. The van der Waals surface area contributed by atoms with Gasteiger partial charge in [0.05, 0.1) is 12.7 Å². The van der Waals surface area contributed by atoms with Crippen molar-refractivity contribution in [1.82, 2.24) is 5.32 Å². The lowest BCUT2D eigenvalue weighted by Gasteiger charge is -2.23. The van der Waals surface area contributed by atoms with Gasteiger partial charge in [-0.15, -0.1) is 12.4 Å². The van der Waals surface area contributed by atoms with Crippen molar-refractivity contribution in [2.24, 2.45) is 5.92 Å². The second-order valence-corrected chi connectivity index (χ2v) is 4.55. The summed E-state index contributed by atoms with van der Waals surface area (Å²) in [5.74, 6) is 0.455. The van der Waals surface area contributed by atoms with E-state index in [1.54, 1.807) is 0 Å². The third kappa shape index (κ3) is 3.72. The molecule has 1 aliphatic rings. The minimum absolute atomic E-state index is 0. The van der Waals surface area contributed by atoms with Crippen LogP contribution >= 0.6 is 12.4 Å². The Hall–Kier alpha value is -1.06. The quantitative estimate of drug-likeness (QED) is 0.857. The monoisotopic (exact) mass is 269 g/mol. The number of piperidine rings is 1. The van der Waals surface area contributed by atoms with Crippen LogP contribution in [0.4, 0.5) is 0 Å². The first-order valence-corrected chi connectivity index (χ1v) is 6.18. The van der Waals surface area contributed by atoms with Gasteiger partial charge in [-0.25, -0.2) is 4.79 Å². The summed E-state index contributed by atoms with van der Waals surface area (Å²) in [6, 6.07) is 7.76. The smallest absolute Gasteiger partial charge is 0.338 e. The third-order valence-electron chi connectivity index (χ3n) is 3.39. The highest BCUT2D eigenvalue weighted by atomic mass is 35.5. The van der Waals surface area contributed by atoms with Gasteiger partial charge in [-0.2, -0.15) is 0 Å². The summed E-state index contributed by atoms with van der Waals surface area (Å²) >= 11 is 0. The maximum Gasteiger partial charge on any atom is 0.338 e. The van der Waals surface area contributed by atoms with Gasteiger partial charge in [0.25, 0.3) is 0 Å². The standard InChI is InChI=1S/C14H19NO2.ClH/c1-17-14(16)13-5-3-2-4-12(13)10-11-6-8-15-9-7-11;/h2-5,11,15H,6-10H2,1H3;1H. The van der Waals surface area contributed by atoms with Crippen LogP contribution in [0, 0.1) is 5.92 Å². The molecule has 4 heteroatoms. The summed E-state index contributed by atoms with van der Waals surface area (Å²) in [7, 11) is 1.43. The number of carbonyl (C=O) groups is 1. The molecule has 3 nitrogen and oxygen atoms in total. The normalized spacial score (nSPS) is 15.8. The molecule has 100 valence electrons. The van der Waals surface area contributed by atoms with Gasteiger partial charge in [-0.3, -0.25) is 0 Å². The van der Waals surface area contributed by atoms with Crippen molar-refractivity contribution in [1.29, 1.82) is 0 Å². The van der Waals surface area contributed by atoms with E-state index >= 15 is 0 Å². The third-order valence-corrected chi connectivity index (χ3v) is 3.39. The number of carbonyl (C=O) groups excluding carboxylic acids is 1. The van der Waals surface area contributed by atoms with Gasteiger partial charge in [0.2, 0.25) is 0 Å². The molecule has 0 amide bonds. The number of nitrogens with one attached hydrogen (secondary N) is 1. The number of rotatable bonds is 3. The lowest BCUT2D eigenvalue weighted by molar-refractivity contribution is 0.0599. The summed E-state index contributed by atoms with van der Waals surface area (Å²) in [5, 5.41) is 3.36. The zero-order valence-electron chi connectivity index (χ0n) is 10.6. The van der Waals surface area contributed by atoms with E-state index in [2.05, 4.69) is 5.32 Å². The van der Waals surface area contributed by atoms with Crippen molar-refractivity contribution in [2.45, 2.75) is 19.3 Å². The lowest BCUT2D eigenvalue weighted by Crippen LogP contribution is -2.29. The Kier molecular flexibility index (Phi) is 6.16. The molecule has 0 atom stereocenters. The van der Waals surface area contributed by atoms with E-state index in [1.807, 2.05) is 24.3 Å². The number of benzene rings is 1. The van der Waals surface area contributed by atoms with Gasteiger partial charge < -0.3 is 10.1 Å². The predicted molar refractivity (Wildman–Crippen MR) is 74.3 cm³/mol. The molecular weight excluding hydrogens is 250 g/mol. The highest BCUT2D eigenvalue weighted by Gasteiger charge is 2.17. The van der Waals surface area contributed by atoms with Crippen molar-refractivity contribution in [2.75, 3.05) is 20.2 Å². The van der Waals surface area contributed by atoms with Crippen LogP contribution in [0.1, 0.15) is 28.8 Å². The predicted octanol–water partition coefficient (Wildman–Crippen LogP) is 2.44. The average Bonchev–Trinajstić information content (AvgIpc) is 2.40. The summed E-state index contributed by atoms with van der Waals surface area (Å²) in [4.78, 5) is 11.6. The highest BCUT2D eigenvalue weighted by Crippen LogP contribution is 2.20. The van der Waals surface area contributed by atoms with E-state index in [0.717, 1.165) is 25.1 Å². The zero-order chi connectivity index (χ0) is 12.1. The summed E-state index contributed by atoms with van der Waals surface area (Å²) in [6.07, 6.45) is 3.36. The molecule has 0 unspecified atom stereocenters. The van der Waals surface area contributed by atoms with Gasteiger partial charge in [0, 0.05) is 0 Å². The molecule has 1 saturated heterocycles. The van der Waals surface area contributed by atoms with Crippen LogP contribution in [0.15, 0.2) is 24.3 Å². The van der Waals surface area contributed by atoms with Crippen molar-refractivity contribution in [3.8, 4) is 0 Å². The molecule has 1 aromatic rings. The summed E-state index contributed by atoms with van der Waals surface area (Å²) < 4.78 is 4.81. The molecule has 1 aliphatic heterocycles. The van der Waals surface area contributed by atoms with Crippen LogP contribution in [0.5, 0.6) is 0 Å². The number of halogens is 1. The average molecular weight is 270 g/mol. The Morgan fingerprint density at radius 2 is 2.00 bits per heavy atom. The van der Waals surface area contributed by atoms with Crippen LogP contribution in [0.3, 0.4) is 0 Å². The summed E-state index contributed by atoms with van der Waals surface area (Å²) in [6.45, 7) is 2.18. The van der Waals surface area contributed by atoms with E-state index in [0.29, 0.717) is 11.5 Å². The minimum atomic E-state index is -0.227. The molecule has 0 radical (unpaired) electrons. The topological polar surface area (TPSA) is 38.3 Å². The van der Waals surface area contributed by atoms with E-state index in [-0.39, 0.29) is 18.4 Å². The first-order chi connectivity index (χ1) is 8.31. The van der Waals surface area contributed by atoms with Crippen LogP contribution < -0.4 is 5.32 Å². The first kappa shape index (κ1) is 15.0. The molecule has 2 rings (SSSR count). The second kappa shape index (κ2) is 7.39. The number of hydrogen-bond acceptors (Lipinski definition) is 3. The van der Waals surface area contributed by atoms with Gasteiger partial charge in [0.15, 0.2) is 0 Å². The van der Waals surface area contributed by atoms with Gasteiger partial charge in [-0.1, -0.05) is 18.2 Å². The lowest BCUT2D eigenvalue weighted by atomic mass is 9.89. The Morgan fingerprint density at radius 1 is 1.33 bits per heavy atom. The molecule has 0 bridgehead atoms. The van der Waals surface area contributed by atoms with Crippen LogP contribution in [0.2, 0.25) is 0 Å². The molecule has 0 saturated carbocycles. The van der Waals surface area contributed by atoms with E-state index in [4.69, 9.17) is 4.74 Å². The number of esters is 1. The van der Waals surface area contributed by atoms with Crippen molar-refractivity contribution >= 4 is 18.4 Å². The Labute approximate surface area is 114 Å². The van der Waals surface area contributed by atoms with Gasteiger partial charge in [-0.05, 0) is 49.9 Å². The van der Waals surface area contributed by atoms with E-state index in [9.17, 15) is 4.79 Å². The fourth-order valence-electron chi connectivity index (χ4n) is 2.40. The van der Waals surface area contributed by atoms with Crippen molar-refractivity contribution in [3.63, 3.8) is 0 Å². The SMILES string of the molecule is COC(=O)c1ccccc1CC1CCNCC1.Cl. The van der Waals surface area contributed by atoms with Crippen molar-refractivity contribution < 1.29 is 9.53 Å². The maximum atomic E-state index is 11.6. The van der Waals surface area contributed by atoms with Crippen LogP contribution in [-0.4, -0.2) is 26.2 Å². The molecule has 0 spiro atoms. The Bertz CT molecular complexity index is 389. The number of hydrogen-bond donors (Lipinski definition) is 1. The zero-order valence-corrected chi connectivity index (χ0v) is 11.5. The summed E-state index contributed by atoms with van der Waals surface area (Å²) in [5.41, 5.74) is 1.83. The fourth-order valence-corrected chi connectivity index (χ4v) is 2.40. The number of ether oxygens (including phenoxy) is 1. The first-order valence-electron chi connectivity index (χ1n) is 6.18. The molecule has 1 fully saturated rings. The van der Waals surface area contributed by atoms with Gasteiger partial charge in [0.1, 0.15) is 0 Å². The van der Waals surface area contributed by atoms with Gasteiger partial charge >= 0.3 is 5.97 Å². The second-order valence-electron chi connectivity index (χ2n) is 4.55. The minimum Gasteiger partial charge on any atom is -0.465 e. The Balaban J connectivity index is 0.00000162. The molecule has 0 aliphatic carbocycles. The molecule has 1 N–H and O–H groups in total. The molecule has 1 aromatic carbocycles. The van der Waals surface area contributed by atoms with Crippen LogP contribution in [0.25, 0.3) is 0 Å². The van der Waals surface area contributed by atoms with E-state index in [1.165, 1.54) is 20.0 Å². The molecule has 18 heavy (non-hydrogen) atoms. The largest absolute Gasteiger partial charge is 0.465 e. The maximum absolute atomic E-state index is 11.6. The van der Waals surface area contributed by atoms with Crippen molar-refractivity contribution in [3.05, 3.63) is 35.4 Å². The van der Waals surface area contributed by atoms with E-state index < -0.39 is 0 Å². The fraction of sp³-hybridized carbons (Fsp3) is 0.500. The number of methoxy groups -OCH3 is 1. The highest BCUT2D eigenvalue weighted by molar-refractivity contribution is 5.90. The molecule has 1 heterocycles. The molecule has 0 aromatic heterocycles. The van der Waals surface area contributed by atoms with Crippen LogP contribution in [-0.2, 0) is 11.2 Å².